The SMILES string of the molecule is Cn1cc(-c2cc([N+](=O)[O-])ccc2Oc2ccc(F)cc2Cl)c2cc[nH]c2c1=O. The maximum absolute atomic E-state index is 13.3. The number of non-ortho nitro benzene ring substituents is 1. The number of halogens is 2. The Labute approximate surface area is 168 Å². The molecule has 0 fully saturated rings. The van der Waals surface area contributed by atoms with Gasteiger partial charge in [0, 0.05) is 48.1 Å². The Morgan fingerprint density at radius 3 is 2.62 bits per heavy atom. The second-order valence-electron chi connectivity index (χ2n) is 6.34. The highest BCUT2D eigenvalue weighted by Gasteiger charge is 2.19. The standard InChI is InChI=1S/C20H13ClFN3O4/c1-24-10-15(13-6-7-23-19(13)20(24)26)14-9-12(25(27)28)3-5-17(14)29-18-4-2-11(22)8-16(18)21/h2-10,23H,1H3. The van der Waals surface area contributed by atoms with E-state index in [-0.39, 0.29) is 27.8 Å². The molecule has 0 aliphatic carbocycles. The third-order valence-corrected chi connectivity index (χ3v) is 4.77. The van der Waals surface area contributed by atoms with Crippen LogP contribution in [0.25, 0.3) is 22.0 Å². The number of rotatable bonds is 4. The molecule has 1 N–H and O–H groups in total. The highest BCUT2D eigenvalue weighted by atomic mass is 35.5. The van der Waals surface area contributed by atoms with Crippen molar-refractivity contribution in [2.45, 2.75) is 0 Å². The van der Waals surface area contributed by atoms with Crippen LogP contribution < -0.4 is 10.3 Å². The van der Waals surface area contributed by atoms with E-state index in [4.69, 9.17) is 16.3 Å². The van der Waals surface area contributed by atoms with E-state index in [0.717, 1.165) is 6.07 Å². The highest BCUT2D eigenvalue weighted by molar-refractivity contribution is 6.32. The molecule has 2 aromatic carbocycles. The molecule has 0 unspecified atom stereocenters. The van der Waals surface area contributed by atoms with E-state index in [1.165, 1.54) is 34.9 Å². The third kappa shape index (κ3) is 3.34. The van der Waals surface area contributed by atoms with Gasteiger partial charge in [0.05, 0.1) is 9.95 Å². The number of benzene rings is 2. The summed E-state index contributed by atoms with van der Waals surface area (Å²) in [6, 6.07) is 9.48. The molecule has 7 nitrogen and oxygen atoms in total. The van der Waals surface area contributed by atoms with Gasteiger partial charge in [0.1, 0.15) is 22.8 Å². The lowest BCUT2D eigenvalue weighted by Gasteiger charge is -2.14. The van der Waals surface area contributed by atoms with E-state index in [0.29, 0.717) is 22.0 Å². The first-order chi connectivity index (χ1) is 13.8. The van der Waals surface area contributed by atoms with Crippen LogP contribution in [0.2, 0.25) is 5.02 Å². The minimum absolute atomic E-state index is 0.0570. The minimum atomic E-state index is -0.519. The number of pyridine rings is 1. The van der Waals surface area contributed by atoms with Crippen molar-refractivity contribution in [3.8, 4) is 22.6 Å². The van der Waals surface area contributed by atoms with Crippen LogP contribution in [0.3, 0.4) is 0 Å². The predicted octanol–water partition coefficient (Wildman–Crippen LogP) is 5.03. The number of hydrogen-bond acceptors (Lipinski definition) is 4. The predicted molar refractivity (Wildman–Crippen MR) is 107 cm³/mol. The van der Waals surface area contributed by atoms with Gasteiger partial charge in [-0.15, -0.1) is 0 Å². The summed E-state index contributed by atoms with van der Waals surface area (Å²) in [5.41, 5.74) is 0.931. The number of aromatic nitrogens is 2. The zero-order chi connectivity index (χ0) is 20.7. The molecule has 0 aliphatic heterocycles. The molecule has 9 heteroatoms. The molecule has 0 bridgehead atoms. The van der Waals surface area contributed by atoms with Crippen LogP contribution in [-0.4, -0.2) is 14.5 Å². The number of ether oxygens (including phenoxy) is 1. The van der Waals surface area contributed by atoms with Crippen molar-refractivity contribution >= 4 is 28.2 Å². The smallest absolute Gasteiger partial charge is 0.274 e. The minimum Gasteiger partial charge on any atom is -0.455 e. The summed E-state index contributed by atoms with van der Waals surface area (Å²) in [6.07, 6.45) is 3.20. The lowest BCUT2D eigenvalue weighted by molar-refractivity contribution is -0.384. The molecule has 146 valence electrons. The van der Waals surface area contributed by atoms with Gasteiger partial charge in [-0.25, -0.2) is 4.39 Å². The van der Waals surface area contributed by atoms with Gasteiger partial charge in [0.2, 0.25) is 0 Å². The third-order valence-electron chi connectivity index (χ3n) is 4.47. The quantitative estimate of drug-likeness (QED) is 0.375. The van der Waals surface area contributed by atoms with Crippen LogP contribution in [0.5, 0.6) is 11.5 Å². The number of nitrogens with one attached hydrogen (secondary N) is 1. The molecule has 4 aromatic rings. The molecular formula is C20H13ClFN3O4. The molecule has 0 amide bonds. The first-order valence-electron chi connectivity index (χ1n) is 8.43. The molecule has 0 saturated carbocycles. The number of fused-ring (bicyclic) bond motifs is 1. The monoisotopic (exact) mass is 413 g/mol. The fourth-order valence-electron chi connectivity index (χ4n) is 3.09. The van der Waals surface area contributed by atoms with Crippen molar-refractivity contribution < 1.29 is 14.1 Å². The molecule has 0 aliphatic rings. The second-order valence-corrected chi connectivity index (χ2v) is 6.75. The van der Waals surface area contributed by atoms with Crippen LogP contribution in [-0.2, 0) is 7.05 Å². The van der Waals surface area contributed by atoms with Gasteiger partial charge >= 0.3 is 0 Å². The largest absolute Gasteiger partial charge is 0.455 e. The lowest BCUT2D eigenvalue weighted by atomic mass is 10.0. The average Bonchev–Trinajstić information content (AvgIpc) is 3.17. The van der Waals surface area contributed by atoms with Gasteiger partial charge in [-0.05, 0) is 30.3 Å². The van der Waals surface area contributed by atoms with Crippen molar-refractivity contribution in [2.75, 3.05) is 0 Å². The molecule has 4 rings (SSSR count). The molecule has 0 atom stereocenters. The van der Waals surface area contributed by atoms with Gasteiger partial charge < -0.3 is 14.3 Å². The maximum atomic E-state index is 13.3. The van der Waals surface area contributed by atoms with Crippen molar-refractivity contribution in [1.29, 1.82) is 0 Å². The summed E-state index contributed by atoms with van der Waals surface area (Å²) in [6.45, 7) is 0. The molecule has 29 heavy (non-hydrogen) atoms. The zero-order valence-corrected chi connectivity index (χ0v) is 15.7. The average molecular weight is 414 g/mol. The van der Waals surface area contributed by atoms with E-state index in [1.54, 1.807) is 25.5 Å². The van der Waals surface area contributed by atoms with Gasteiger partial charge in [0.15, 0.2) is 0 Å². The van der Waals surface area contributed by atoms with Crippen LogP contribution in [0.1, 0.15) is 0 Å². The topological polar surface area (TPSA) is 90.2 Å². The Balaban J connectivity index is 1.96. The van der Waals surface area contributed by atoms with Gasteiger partial charge in [-0.3, -0.25) is 14.9 Å². The number of nitro benzene ring substituents is 1. The fraction of sp³-hybridized carbons (Fsp3) is 0.0500. The summed E-state index contributed by atoms with van der Waals surface area (Å²) < 4.78 is 20.6. The Bertz CT molecular complexity index is 1330. The second kappa shape index (κ2) is 7.06. The number of nitro groups is 1. The van der Waals surface area contributed by atoms with E-state index in [2.05, 4.69) is 4.98 Å². The van der Waals surface area contributed by atoms with Gasteiger partial charge in [-0.2, -0.15) is 0 Å². The Hall–Kier alpha value is -3.65. The van der Waals surface area contributed by atoms with Crippen LogP contribution in [0, 0.1) is 15.9 Å². The number of nitrogens with zero attached hydrogens (tertiary/aromatic N) is 2. The molecule has 0 saturated heterocycles. The van der Waals surface area contributed by atoms with E-state index >= 15 is 0 Å². The van der Waals surface area contributed by atoms with Crippen molar-refractivity contribution in [2.24, 2.45) is 7.05 Å². The van der Waals surface area contributed by atoms with Gasteiger partial charge in [-0.1, -0.05) is 11.6 Å². The highest BCUT2D eigenvalue weighted by Crippen LogP contribution is 2.40. The van der Waals surface area contributed by atoms with Crippen LogP contribution >= 0.6 is 11.6 Å². The summed E-state index contributed by atoms with van der Waals surface area (Å²) in [4.78, 5) is 26.0. The fourth-order valence-corrected chi connectivity index (χ4v) is 3.30. The Morgan fingerprint density at radius 2 is 1.90 bits per heavy atom. The summed E-state index contributed by atoms with van der Waals surface area (Å²) in [7, 11) is 1.58. The normalized spacial score (nSPS) is 11.0. The lowest BCUT2D eigenvalue weighted by Crippen LogP contribution is -2.16. The van der Waals surface area contributed by atoms with Crippen molar-refractivity contribution in [3.63, 3.8) is 0 Å². The number of aryl methyl sites for hydroxylation is 1. The summed E-state index contributed by atoms with van der Waals surface area (Å²) >= 11 is 6.06. The molecular weight excluding hydrogens is 401 g/mol. The first-order valence-corrected chi connectivity index (χ1v) is 8.81. The first kappa shape index (κ1) is 18.7. The molecule has 2 heterocycles. The van der Waals surface area contributed by atoms with Gasteiger partial charge in [0.25, 0.3) is 11.2 Å². The van der Waals surface area contributed by atoms with Crippen LogP contribution in [0.4, 0.5) is 10.1 Å². The number of hydrogen-bond donors (Lipinski definition) is 1. The maximum Gasteiger partial charge on any atom is 0.274 e. The zero-order valence-electron chi connectivity index (χ0n) is 15.0. The molecule has 0 radical (unpaired) electrons. The number of H-pyrrole nitrogens is 1. The number of aromatic amines is 1. The van der Waals surface area contributed by atoms with E-state index < -0.39 is 10.7 Å². The van der Waals surface area contributed by atoms with E-state index in [9.17, 15) is 19.3 Å². The van der Waals surface area contributed by atoms with Crippen molar-refractivity contribution in [3.05, 3.63) is 86.2 Å². The van der Waals surface area contributed by atoms with Crippen LogP contribution in [0.15, 0.2) is 59.7 Å². The van der Waals surface area contributed by atoms with E-state index in [1.807, 2.05) is 0 Å². The Kier molecular flexibility index (Phi) is 4.56. The summed E-state index contributed by atoms with van der Waals surface area (Å²) in [5.74, 6) is -0.0538. The molecule has 0 spiro atoms. The Morgan fingerprint density at radius 1 is 1.14 bits per heavy atom. The summed E-state index contributed by atoms with van der Waals surface area (Å²) in [5, 5.41) is 12.0. The molecule has 2 aromatic heterocycles. The van der Waals surface area contributed by atoms with Crippen molar-refractivity contribution in [1.82, 2.24) is 9.55 Å².